The fourth-order valence-corrected chi connectivity index (χ4v) is 3.09. The fourth-order valence-electron chi connectivity index (χ4n) is 3.09. The molecular formula is C18H22F6N4O4. The number of halogens is 6. The Morgan fingerprint density at radius 1 is 1.19 bits per heavy atom. The first-order valence-electron chi connectivity index (χ1n) is 9.40. The van der Waals surface area contributed by atoms with Gasteiger partial charge in [0.05, 0.1) is 25.4 Å². The molecule has 3 N–H and O–H groups in total. The van der Waals surface area contributed by atoms with E-state index in [1.165, 1.54) is 11.0 Å². The summed E-state index contributed by atoms with van der Waals surface area (Å²) in [7, 11) is 0. The Hall–Kier alpha value is -2.58. The maximum atomic E-state index is 12.9. The summed E-state index contributed by atoms with van der Waals surface area (Å²) < 4.78 is 86.3. The second-order valence-electron chi connectivity index (χ2n) is 6.63. The van der Waals surface area contributed by atoms with Crippen LogP contribution in [-0.4, -0.2) is 81.6 Å². The summed E-state index contributed by atoms with van der Waals surface area (Å²) in [4.78, 5) is 26.3. The molecule has 14 heteroatoms. The molecule has 0 aromatic heterocycles. The van der Waals surface area contributed by atoms with Crippen LogP contribution in [0, 0.1) is 0 Å². The highest BCUT2D eigenvalue weighted by molar-refractivity contribution is 5.98. The molecule has 0 spiro atoms. The van der Waals surface area contributed by atoms with E-state index >= 15 is 0 Å². The summed E-state index contributed by atoms with van der Waals surface area (Å²) in [6, 6.07) is 1.99. The third kappa shape index (κ3) is 7.24. The summed E-state index contributed by atoms with van der Waals surface area (Å²) >= 11 is 0. The fraction of sp³-hybridized carbons (Fsp3) is 0.556. The number of hydrogen-bond donors (Lipinski definition) is 2. The van der Waals surface area contributed by atoms with Crippen LogP contribution in [0.3, 0.4) is 0 Å². The molecule has 1 aliphatic heterocycles. The van der Waals surface area contributed by atoms with E-state index in [0.29, 0.717) is 4.90 Å². The van der Waals surface area contributed by atoms with E-state index < -0.39 is 62.7 Å². The van der Waals surface area contributed by atoms with Gasteiger partial charge >= 0.3 is 6.61 Å². The van der Waals surface area contributed by atoms with E-state index in [4.69, 9.17) is 10.5 Å². The van der Waals surface area contributed by atoms with Gasteiger partial charge in [-0.3, -0.25) is 14.5 Å². The molecule has 1 atom stereocenters. The lowest BCUT2D eigenvalue weighted by atomic mass is 10.2. The van der Waals surface area contributed by atoms with Gasteiger partial charge in [0.1, 0.15) is 12.6 Å². The second kappa shape index (κ2) is 11.9. The zero-order chi connectivity index (χ0) is 23.8. The minimum Gasteiger partial charge on any atom is -0.433 e. The molecule has 0 bridgehead atoms. The molecule has 2 rings (SSSR count). The molecule has 1 aromatic rings. The minimum absolute atomic E-state index is 0.157. The number of ether oxygens (including phenoxy) is 2. The van der Waals surface area contributed by atoms with Crippen LogP contribution in [0.2, 0.25) is 0 Å². The molecule has 32 heavy (non-hydrogen) atoms. The lowest BCUT2D eigenvalue weighted by Gasteiger charge is -2.30. The van der Waals surface area contributed by atoms with Gasteiger partial charge in [-0.05, 0) is 12.1 Å². The Kier molecular flexibility index (Phi) is 9.53. The Morgan fingerprint density at radius 2 is 1.84 bits per heavy atom. The summed E-state index contributed by atoms with van der Waals surface area (Å²) in [5.74, 6) is -2.01. The summed E-state index contributed by atoms with van der Waals surface area (Å²) in [6.45, 7) is -5.99. The first-order valence-corrected chi connectivity index (χ1v) is 9.40. The highest BCUT2D eigenvalue weighted by Crippen LogP contribution is 2.32. The Labute approximate surface area is 179 Å². The average molecular weight is 472 g/mol. The molecule has 1 aromatic carbocycles. The average Bonchev–Trinajstić information content (AvgIpc) is 2.69. The van der Waals surface area contributed by atoms with Crippen LogP contribution in [-0.2, 0) is 14.3 Å². The van der Waals surface area contributed by atoms with Crippen molar-refractivity contribution in [3.63, 3.8) is 0 Å². The molecule has 0 aliphatic carbocycles. The summed E-state index contributed by atoms with van der Waals surface area (Å²) in [6.07, 6.45) is -6.03. The van der Waals surface area contributed by atoms with Crippen molar-refractivity contribution in [3.8, 4) is 5.75 Å². The number of nitrogens with zero attached hydrogens (tertiary/aromatic N) is 2. The zero-order valence-corrected chi connectivity index (χ0v) is 16.7. The Morgan fingerprint density at radius 3 is 2.38 bits per heavy atom. The van der Waals surface area contributed by atoms with E-state index in [1.807, 2.05) is 0 Å². The molecule has 180 valence electrons. The molecule has 8 nitrogen and oxygen atoms in total. The maximum absolute atomic E-state index is 12.9. The molecule has 1 aliphatic rings. The second-order valence-corrected chi connectivity index (χ2v) is 6.63. The van der Waals surface area contributed by atoms with Crippen molar-refractivity contribution in [1.29, 1.82) is 0 Å². The van der Waals surface area contributed by atoms with Crippen LogP contribution in [0.1, 0.15) is 0 Å². The molecule has 0 radical (unpaired) electrons. The summed E-state index contributed by atoms with van der Waals surface area (Å²) in [5, 5.41) is 2.20. The predicted octanol–water partition coefficient (Wildman–Crippen LogP) is 1.75. The number of nitrogens with one attached hydrogen (secondary N) is 1. The van der Waals surface area contributed by atoms with E-state index in [2.05, 4.69) is 10.1 Å². The highest BCUT2D eigenvalue weighted by Gasteiger charge is 2.30. The maximum Gasteiger partial charge on any atom is 0.387 e. The largest absolute Gasteiger partial charge is 0.433 e. The first-order chi connectivity index (χ1) is 15.1. The van der Waals surface area contributed by atoms with Gasteiger partial charge in [-0.1, -0.05) is 0 Å². The standard InChI is InChI=1S/C18H22F6N4O4/c19-14(20)7-27(8-15(21)22)12(6-25)17(30)26-11-2-1-10(5-13(11)32-18(23)24)28-3-4-31-9-16(28)29/h1-2,5,12,14-15,18H,3-4,6-9,25H2,(H,26,30)/t12-/m1/s1. The van der Waals surface area contributed by atoms with Gasteiger partial charge in [0, 0.05) is 24.8 Å². The van der Waals surface area contributed by atoms with Gasteiger partial charge < -0.3 is 25.4 Å². The number of carbonyl (C=O) groups is 2. The topological polar surface area (TPSA) is 97.1 Å². The number of hydrogen-bond acceptors (Lipinski definition) is 6. The lowest BCUT2D eigenvalue weighted by Crippen LogP contribution is -2.51. The van der Waals surface area contributed by atoms with Crippen molar-refractivity contribution < 1.29 is 45.4 Å². The van der Waals surface area contributed by atoms with Crippen LogP contribution >= 0.6 is 0 Å². The van der Waals surface area contributed by atoms with Crippen molar-refractivity contribution in [2.45, 2.75) is 25.5 Å². The van der Waals surface area contributed by atoms with Crippen LogP contribution in [0.5, 0.6) is 5.75 Å². The monoisotopic (exact) mass is 472 g/mol. The van der Waals surface area contributed by atoms with E-state index in [0.717, 1.165) is 12.1 Å². The van der Waals surface area contributed by atoms with Crippen LogP contribution in [0.4, 0.5) is 37.7 Å². The third-order valence-electron chi connectivity index (χ3n) is 4.45. The van der Waals surface area contributed by atoms with Gasteiger partial charge in [-0.2, -0.15) is 8.78 Å². The van der Waals surface area contributed by atoms with Crippen LogP contribution in [0.15, 0.2) is 18.2 Å². The first kappa shape index (κ1) is 25.7. The number of amides is 2. The predicted molar refractivity (Wildman–Crippen MR) is 101 cm³/mol. The number of anilines is 2. The van der Waals surface area contributed by atoms with Gasteiger partial charge in [0.2, 0.25) is 5.91 Å². The lowest BCUT2D eigenvalue weighted by molar-refractivity contribution is -0.125. The van der Waals surface area contributed by atoms with Crippen LogP contribution < -0.4 is 20.7 Å². The number of morpholine rings is 1. The highest BCUT2D eigenvalue weighted by atomic mass is 19.3. The molecular weight excluding hydrogens is 450 g/mol. The molecule has 2 amide bonds. The number of nitrogens with two attached hydrogens (primary N) is 1. The minimum atomic E-state index is -3.29. The van der Waals surface area contributed by atoms with Gasteiger partial charge in [-0.15, -0.1) is 0 Å². The molecule has 0 unspecified atom stereocenters. The molecule has 1 fully saturated rings. The SMILES string of the molecule is NC[C@H](C(=O)Nc1ccc(N2CCOCC2=O)cc1OC(F)F)N(CC(F)F)CC(F)F. The van der Waals surface area contributed by atoms with Crippen molar-refractivity contribution in [1.82, 2.24) is 4.90 Å². The van der Waals surface area contributed by atoms with Crippen molar-refractivity contribution >= 4 is 23.2 Å². The number of rotatable bonds is 11. The normalized spacial score (nSPS) is 15.7. The quantitative estimate of drug-likeness (QED) is 0.477. The van der Waals surface area contributed by atoms with E-state index in [9.17, 15) is 35.9 Å². The van der Waals surface area contributed by atoms with Gasteiger partial charge in [-0.25, -0.2) is 17.6 Å². The van der Waals surface area contributed by atoms with Crippen molar-refractivity contribution in [2.24, 2.45) is 5.73 Å². The molecule has 1 saturated heterocycles. The van der Waals surface area contributed by atoms with Crippen molar-refractivity contribution in [3.05, 3.63) is 18.2 Å². The van der Waals surface area contributed by atoms with E-state index in [-0.39, 0.29) is 31.1 Å². The zero-order valence-electron chi connectivity index (χ0n) is 16.7. The van der Waals surface area contributed by atoms with Crippen LogP contribution in [0.25, 0.3) is 0 Å². The summed E-state index contributed by atoms with van der Waals surface area (Å²) in [5.41, 5.74) is 5.34. The number of carbonyl (C=O) groups excluding carboxylic acids is 2. The van der Waals surface area contributed by atoms with E-state index in [1.54, 1.807) is 0 Å². The smallest absolute Gasteiger partial charge is 0.387 e. The van der Waals surface area contributed by atoms with Gasteiger partial charge in [0.25, 0.3) is 18.8 Å². The Balaban J connectivity index is 2.27. The molecule has 0 saturated carbocycles. The third-order valence-corrected chi connectivity index (χ3v) is 4.45. The molecule has 1 heterocycles. The van der Waals surface area contributed by atoms with Gasteiger partial charge in [0.15, 0.2) is 5.75 Å². The number of alkyl halides is 6. The Bertz CT molecular complexity index is 776. The number of benzene rings is 1. The van der Waals surface area contributed by atoms with Crippen molar-refractivity contribution in [2.75, 3.05) is 49.6 Å².